The summed E-state index contributed by atoms with van der Waals surface area (Å²) < 4.78 is 2.06. The topological polar surface area (TPSA) is 73.0 Å². The maximum absolute atomic E-state index is 11.1. The number of aryl methyl sites for hydroxylation is 1. The fraction of sp³-hybridized carbons (Fsp3) is 0.400. The molecule has 0 atom stereocenters. The minimum atomic E-state index is -0.351. The van der Waals surface area contributed by atoms with E-state index in [0.717, 1.165) is 30.8 Å². The predicted octanol–water partition coefficient (Wildman–Crippen LogP) is 3.22. The van der Waals surface area contributed by atoms with Gasteiger partial charge in [0, 0.05) is 38.0 Å². The number of rotatable bonds is 7. The van der Waals surface area contributed by atoms with Crippen LogP contribution in [0.4, 0.5) is 11.4 Å². The Morgan fingerprint density at radius 3 is 2.86 bits per heavy atom. The number of benzene rings is 1. The summed E-state index contributed by atoms with van der Waals surface area (Å²) in [5, 5.41) is 14.2. The lowest BCUT2D eigenvalue weighted by atomic mass is 10.1. The van der Waals surface area contributed by atoms with E-state index >= 15 is 0 Å². The molecule has 0 fully saturated rings. The van der Waals surface area contributed by atoms with Crippen molar-refractivity contribution in [1.29, 1.82) is 0 Å². The van der Waals surface area contributed by atoms with Crippen molar-refractivity contribution in [2.45, 2.75) is 33.2 Å². The van der Waals surface area contributed by atoms with Gasteiger partial charge in [0.25, 0.3) is 5.69 Å². The van der Waals surface area contributed by atoms with E-state index in [2.05, 4.69) is 21.8 Å². The maximum atomic E-state index is 11.1. The van der Waals surface area contributed by atoms with Crippen LogP contribution in [0.25, 0.3) is 0 Å². The Balaban J connectivity index is 2.26. The third-order valence-corrected chi connectivity index (χ3v) is 3.29. The summed E-state index contributed by atoms with van der Waals surface area (Å²) in [5.74, 6) is 1.01. The zero-order valence-corrected chi connectivity index (χ0v) is 12.4. The second-order valence-electron chi connectivity index (χ2n) is 4.86. The van der Waals surface area contributed by atoms with E-state index in [1.165, 1.54) is 0 Å². The van der Waals surface area contributed by atoms with Gasteiger partial charge in [-0.15, -0.1) is 0 Å². The summed E-state index contributed by atoms with van der Waals surface area (Å²) in [7, 11) is 0. The quantitative estimate of drug-likeness (QED) is 0.627. The SMILES string of the molecule is CCCNc1cc(Cn2ccnc2CC)ccc1[N+](=O)[O-]. The molecule has 1 aromatic heterocycles. The van der Waals surface area contributed by atoms with Crippen molar-refractivity contribution in [3.05, 3.63) is 52.1 Å². The highest BCUT2D eigenvalue weighted by atomic mass is 16.6. The van der Waals surface area contributed by atoms with Crippen LogP contribution >= 0.6 is 0 Å². The van der Waals surface area contributed by atoms with E-state index in [1.807, 2.05) is 19.2 Å². The zero-order valence-electron chi connectivity index (χ0n) is 12.4. The van der Waals surface area contributed by atoms with Gasteiger partial charge in [0.15, 0.2) is 0 Å². The minimum Gasteiger partial charge on any atom is -0.379 e. The summed E-state index contributed by atoms with van der Waals surface area (Å²) >= 11 is 0. The molecule has 2 rings (SSSR count). The van der Waals surface area contributed by atoms with Crippen molar-refractivity contribution in [3.63, 3.8) is 0 Å². The van der Waals surface area contributed by atoms with Crippen molar-refractivity contribution in [1.82, 2.24) is 9.55 Å². The van der Waals surface area contributed by atoms with E-state index in [0.29, 0.717) is 12.2 Å². The lowest BCUT2D eigenvalue weighted by molar-refractivity contribution is -0.384. The normalized spacial score (nSPS) is 10.6. The molecule has 0 radical (unpaired) electrons. The Morgan fingerprint density at radius 2 is 2.19 bits per heavy atom. The molecule has 1 N–H and O–H groups in total. The fourth-order valence-electron chi connectivity index (χ4n) is 2.24. The standard InChI is InChI=1S/C15H20N4O2/c1-3-7-16-13-10-12(5-6-14(13)19(20)21)11-18-9-8-17-15(18)4-2/h5-6,8-10,16H,3-4,7,11H2,1-2H3. The van der Waals surface area contributed by atoms with Crippen molar-refractivity contribution in [2.24, 2.45) is 0 Å². The molecule has 1 aromatic carbocycles. The van der Waals surface area contributed by atoms with E-state index in [-0.39, 0.29) is 10.6 Å². The van der Waals surface area contributed by atoms with Gasteiger partial charge in [0.2, 0.25) is 0 Å². The number of hydrogen-bond donors (Lipinski definition) is 1. The van der Waals surface area contributed by atoms with Gasteiger partial charge < -0.3 is 9.88 Å². The number of hydrogen-bond acceptors (Lipinski definition) is 4. The number of aromatic nitrogens is 2. The maximum Gasteiger partial charge on any atom is 0.292 e. The molecular formula is C15H20N4O2. The first-order valence-corrected chi connectivity index (χ1v) is 7.16. The van der Waals surface area contributed by atoms with Crippen LogP contribution < -0.4 is 5.32 Å². The Labute approximate surface area is 124 Å². The van der Waals surface area contributed by atoms with Gasteiger partial charge in [0.1, 0.15) is 11.5 Å². The highest BCUT2D eigenvalue weighted by molar-refractivity contribution is 5.62. The van der Waals surface area contributed by atoms with Crippen LogP contribution in [-0.2, 0) is 13.0 Å². The van der Waals surface area contributed by atoms with Crippen molar-refractivity contribution >= 4 is 11.4 Å². The van der Waals surface area contributed by atoms with Gasteiger partial charge in [-0.2, -0.15) is 0 Å². The zero-order chi connectivity index (χ0) is 15.2. The molecule has 6 nitrogen and oxygen atoms in total. The number of nitro groups is 1. The smallest absolute Gasteiger partial charge is 0.292 e. The van der Waals surface area contributed by atoms with Gasteiger partial charge in [-0.25, -0.2) is 4.98 Å². The number of nitrogens with one attached hydrogen (secondary N) is 1. The molecule has 2 aromatic rings. The van der Waals surface area contributed by atoms with Crippen LogP contribution in [0.15, 0.2) is 30.6 Å². The molecule has 0 saturated heterocycles. The highest BCUT2D eigenvalue weighted by Crippen LogP contribution is 2.26. The van der Waals surface area contributed by atoms with E-state index in [9.17, 15) is 10.1 Å². The summed E-state index contributed by atoms with van der Waals surface area (Å²) in [4.78, 5) is 15.0. The van der Waals surface area contributed by atoms with Gasteiger partial charge in [-0.1, -0.05) is 19.9 Å². The molecule has 112 valence electrons. The average Bonchev–Trinajstić information content (AvgIpc) is 2.92. The van der Waals surface area contributed by atoms with E-state index in [4.69, 9.17) is 0 Å². The largest absolute Gasteiger partial charge is 0.379 e. The lowest BCUT2D eigenvalue weighted by Crippen LogP contribution is -2.06. The Kier molecular flexibility index (Phi) is 4.92. The third kappa shape index (κ3) is 3.59. The third-order valence-electron chi connectivity index (χ3n) is 3.29. The van der Waals surface area contributed by atoms with Gasteiger partial charge >= 0.3 is 0 Å². The molecule has 0 aliphatic heterocycles. The van der Waals surface area contributed by atoms with Crippen molar-refractivity contribution in [3.8, 4) is 0 Å². The Hall–Kier alpha value is -2.37. The first-order chi connectivity index (χ1) is 10.2. The Morgan fingerprint density at radius 1 is 1.38 bits per heavy atom. The highest BCUT2D eigenvalue weighted by Gasteiger charge is 2.14. The summed E-state index contributed by atoms with van der Waals surface area (Å²) in [6.07, 6.45) is 5.49. The number of nitrogens with zero attached hydrogens (tertiary/aromatic N) is 3. The number of anilines is 1. The molecule has 0 amide bonds. The van der Waals surface area contributed by atoms with Crippen LogP contribution in [0.3, 0.4) is 0 Å². The summed E-state index contributed by atoms with van der Waals surface area (Å²) in [6.45, 7) is 5.47. The van der Waals surface area contributed by atoms with Crippen molar-refractivity contribution in [2.75, 3.05) is 11.9 Å². The molecule has 0 bridgehead atoms. The molecule has 0 spiro atoms. The van der Waals surface area contributed by atoms with Crippen LogP contribution in [0, 0.1) is 10.1 Å². The molecule has 1 heterocycles. The van der Waals surface area contributed by atoms with Crippen LogP contribution in [0.5, 0.6) is 0 Å². The van der Waals surface area contributed by atoms with Crippen LogP contribution in [-0.4, -0.2) is 21.0 Å². The molecule has 6 heteroatoms. The molecule has 0 aliphatic carbocycles. The molecular weight excluding hydrogens is 268 g/mol. The van der Waals surface area contributed by atoms with Gasteiger partial charge in [0.05, 0.1) is 4.92 Å². The first kappa shape index (κ1) is 15.0. The fourth-order valence-corrected chi connectivity index (χ4v) is 2.24. The number of nitro benzene ring substituents is 1. The minimum absolute atomic E-state index is 0.119. The van der Waals surface area contributed by atoms with Crippen molar-refractivity contribution < 1.29 is 4.92 Å². The van der Waals surface area contributed by atoms with Crippen LogP contribution in [0.2, 0.25) is 0 Å². The second-order valence-corrected chi connectivity index (χ2v) is 4.86. The first-order valence-electron chi connectivity index (χ1n) is 7.16. The van der Waals surface area contributed by atoms with Crippen LogP contribution in [0.1, 0.15) is 31.7 Å². The van der Waals surface area contributed by atoms with Gasteiger partial charge in [-0.3, -0.25) is 10.1 Å². The number of imidazole rings is 1. The molecule has 21 heavy (non-hydrogen) atoms. The average molecular weight is 288 g/mol. The summed E-state index contributed by atoms with van der Waals surface area (Å²) in [6, 6.07) is 5.22. The predicted molar refractivity (Wildman–Crippen MR) is 82.6 cm³/mol. The Bertz CT molecular complexity index is 622. The molecule has 0 aliphatic rings. The van der Waals surface area contributed by atoms with Gasteiger partial charge in [-0.05, 0) is 18.1 Å². The van der Waals surface area contributed by atoms with E-state index < -0.39 is 0 Å². The van der Waals surface area contributed by atoms with E-state index in [1.54, 1.807) is 18.3 Å². The summed E-state index contributed by atoms with van der Waals surface area (Å²) in [5.41, 5.74) is 1.72. The second kappa shape index (κ2) is 6.88. The molecule has 0 saturated carbocycles. The molecule has 0 unspecified atom stereocenters. The lowest BCUT2D eigenvalue weighted by Gasteiger charge is -2.10. The monoisotopic (exact) mass is 288 g/mol.